The van der Waals surface area contributed by atoms with Gasteiger partial charge in [0, 0.05) is 25.7 Å². The van der Waals surface area contributed by atoms with Crippen LogP contribution in [0.5, 0.6) is 0 Å². The Morgan fingerprint density at radius 3 is 2.38 bits per heavy atom. The lowest BCUT2D eigenvalue weighted by molar-refractivity contribution is -0.154. The number of carboxylic acid groups (broad SMARTS) is 1. The van der Waals surface area contributed by atoms with E-state index in [1.165, 1.54) is 0 Å². The standard InChI is InChI=1S/C11H18N2O3/c1-8-7-13(6-5-12(8)2)9(14)11(3-4-11)10(15)16/h8H,3-7H2,1-2H3,(H,15,16). The van der Waals surface area contributed by atoms with Gasteiger partial charge in [0.05, 0.1) is 0 Å². The molecule has 1 saturated heterocycles. The van der Waals surface area contributed by atoms with Crippen LogP contribution in [-0.2, 0) is 9.59 Å². The van der Waals surface area contributed by atoms with Gasteiger partial charge in [-0.15, -0.1) is 0 Å². The van der Waals surface area contributed by atoms with E-state index in [9.17, 15) is 9.59 Å². The van der Waals surface area contributed by atoms with Gasteiger partial charge in [-0.2, -0.15) is 0 Å². The molecule has 16 heavy (non-hydrogen) atoms. The molecule has 2 rings (SSSR count). The molecule has 2 aliphatic rings. The van der Waals surface area contributed by atoms with Gasteiger partial charge in [-0.1, -0.05) is 0 Å². The maximum atomic E-state index is 12.1. The van der Waals surface area contributed by atoms with E-state index < -0.39 is 11.4 Å². The zero-order valence-corrected chi connectivity index (χ0v) is 9.77. The fourth-order valence-electron chi connectivity index (χ4n) is 2.18. The molecule has 1 N–H and O–H groups in total. The molecular formula is C11H18N2O3. The third kappa shape index (κ3) is 1.69. The molecule has 5 nitrogen and oxygen atoms in total. The Kier molecular flexibility index (Phi) is 2.66. The number of aliphatic carboxylic acids is 1. The van der Waals surface area contributed by atoms with E-state index in [4.69, 9.17) is 5.11 Å². The fourth-order valence-corrected chi connectivity index (χ4v) is 2.18. The predicted molar refractivity (Wildman–Crippen MR) is 58.0 cm³/mol. The zero-order chi connectivity index (χ0) is 11.9. The van der Waals surface area contributed by atoms with E-state index in [1.54, 1.807) is 4.90 Å². The van der Waals surface area contributed by atoms with Crippen molar-refractivity contribution in [2.75, 3.05) is 26.7 Å². The average Bonchev–Trinajstić information content (AvgIpc) is 3.02. The van der Waals surface area contributed by atoms with Gasteiger partial charge in [0.15, 0.2) is 0 Å². The van der Waals surface area contributed by atoms with Gasteiger partial charge in [0.2, 0.25) is 5.91 Å². The minimum atomic E-state index is -1.07. The van der Waals surface area contributed by atoms with Crippen molar-refractivity contribution < 1.29 is 14.7 Å². The molecule has 90 valence electrons. The van der Waals surface area contributed by atoms with Crippen LogP contribution < -0.4 is 0 Å². The number of carbonyl (C=O) groups is 2. The van der Waals surface area contributed by atoms with Crippen LogP contribution in [0.4, 0.5) is 0 Å². The van der Waals surface area contributed by atoms with Gasteiger partial charge in [0.1, 0.15) is 5.41 Å². The highest BCUT2D eigenvalue weighted by Crippen LogP contribution is 2.47. The summed E-state index contributed by atoms with van der Waals surface area (Å²) in [5.74, 6) is -1.14. The van der Waals surface area contributed by atoms with E-state index in [0.29, 0.717) is 32.0 Å². The van der Waals surface area contributed by atoms with Crippen molar-refractivity contribution in [3.63, 3.8) is 0 Å². The van der Waals surface area contributed by atoms with Gasteiger partial charge < -0.3 is 14.9 Å². The molecule has 2 fully saturated rings. The van der Waals surface area contributed by atoms with Gasteiger partial charge in [-0.05, 0) is 26.8 Å². The van der Waals surface area contributed by atoms with Crippen LogP contribution in [0.25, 0.3) is 0 Å². The van der Waals surface area contributed by atoms with E-state index in [2.05, 4.69) is 11.8 Å². The van der Waals surface area contributed by atoms with Crippen molar-refractivity contribution in [2.24, 2.45) is 5.41 Å². The number of likely N-dealkylation sites (N-methyl/N-ethyl adjacent to an activating group) is 1. The van der Waals surface area contributed by atoms with Crippen molar-refractivity contribution in [3.8, 4) is 0 Å². The highest BCUT2D eigenvalue weighted by atomic mass is 16.4. The fraction of sp³-hybridized carbons (Fsp3) is 0.818. The van der Waals surface area contributed by atoms with Crippen molar-refractivity contribution in [3.05, 3.63) is 0 Å². The van der Waals surface area contributed by atoms with Crippen LogP contribution in [0.3, 0.4) is 0 Å². The van der Waals surface area contributed by atoms with E-state index in [1.807, 2.05) is 7.05 Å². The van der Waals surface area contributed by atoms with Crippen LogP contribution >= 0.6 is 0 Å². The molecule has 0 aromatic carbocycles. The summed E-state index contributed by atoms with van der Waals surface area (Å²) in [5.41, 5.74) is -1.07. The molecule has 1 aliphatic heterocycles. The number of amides is 1. The average molecular weight is 226 g/mol. The number of carboxylic acids is 1. The normalized spacial score (nSPS) is 28.9. The summed E-state index contributed by atoms with van der Waals surface area (Å²) < 4.78 is 0. The lowest BCUT2D eigenvalue weighted by Gasteiger charge is -2.38. The molecule has 0 spiro atoms. The zero-order valence-electron chi connectivity index (χ0n) is 9.77. The molecule has 1 amide bonds. The Morgan fingerprint density at radius 1 is 1.31 bits per heavy atom. The Morgan fingerprint density at radius 2 is 1.94 bits per heavy atom. The van der Waals surface area contributed by atoms with E-state index >= 15 is 0 Å². The van der Waals surface area contributed by atoms with Gasteiger partial charge in [-0.3, -0.25) is 9.59 Å². The molecule has 1 heterocycles. The quantitative estimate of drug-likeness (QED) is 0.674. The molecule has 1 unspecified atom stereocenters. The molecule has 1 saturated carbocycles. The minimum absolute atomic E-state index is 0.181. The van der Waals surface area contributed by atoms with E-state index in [-0.39, 0.29) is 5.91 Å². The molecule has 0 aromatic rings. The molecule has 1 aliphatic carbocycles. The number of nitrogens with zero attached hydrogens (tertiary/aromatic N) is 2. The smallest absolute Gasteiger partial charge is 0.319 e. The monoisotopic (exact) mass is 226 g/mol. The number of piperazine rings is 1. The molecule has 0 bridgehead atoms. The Labute approximate surface area is 95.0 Å². The van der Waals surface area contributed by atoms with Crippen molar-refractivity contribution in [1.29, 1.82) is 0 Å². The first-order chi connectivity index (χ1) is 7.47. The second kappa shape index (κ2) is 3.73. The second-order valence-electron chi connectivity index (χ2n) is 4.97. The summed E-state index contributed by atoms with van der Waals surface area (Å²) in [7, 11) is 2.02. The Balaban J connectivity index is 2.04. The highest BCUT2D eigenvalue weighted by molar-refractivity contribution is 6.04. The molecule has 0 aromatic heterocycles. The first-order valence-corrected chi connectivity index (χ1v) is 5.70. The van der Waals surface area contributed by atoms with Crippen LogP contribution in [0.2, 0.25) is 0 Å². The van der Waals surface area contributed by atoms with E-state index in [0.717, 1.165) is 6.54 Å². The molecular weight excluding hydrogens is 208 g/mol. The minimum Gasteiger partial charge on any atom is -0.480 e. The van der Waals surface area contributed by atoms with Crippen molar-refractivity contribution in [2.45, 2.75) is 25.8 Å². The largest absolute Gasteiger partial charge is 0.480 e. The van der Waals surface area contributed by atoms with Crippen molar-refractivity contribution in [1.82, 2.24) is 9.80 Å². The van der Waals surface area contributed by atoms with Gasteiger partial charge in [0.25, 0.3) is 0 Å². The number of carbonyl (C=O) groups excluding carboxylic acids is 1. The highest BCUT2D eigenvalue weighted by Gasteiger charge is 2.58. The van der Waals surface area contributed by atoms with Crippen LogP contribution in [0.15, 0.2) is 0 Å². The Bertz CT molecular complexity index is 325. The summed E-state index contributed by atoms with van der Waals surface area (Å²) in [4.78, 5) is 27.1. The molecule has 0 radical (unpaired) electrons. The third-order valence-electron chi connectivity index (χ3n) is 3.82. The summed E-state index contributed by atoms with van der Waals surface area (Å²) in [6.07, 6.45) is 1.00. The van der Waals surface area contributed by atoms with Crippen LogP contribution in [0, 0.1) is 5.41 Å². The second-order valence-corrected chi connectivity index (χ2v) is 4.97. The predicted octanol–water partition coefficient (Wildman–Crippen LogP) is 0.0137. The number of hydrogen-bond donors (Lipinski definition) is 1. The van der Waals surface area contributed by atoms with Crippen LogP contribution in [-0.4, -0.2) is 59.5 Å². The number of hydrogen-bond acceptors (Lipinski definition) is 3. The molecule has 5 heteroatoms. The lowest BCUT2D eigenvalue weighted by Crippen LogP contribution is -2.54. The van der Waals surface area contributed by atoms with Gasteiger partial charge >= 0.3 is 5.97 Å². The van der Waals surface area contributed by atoms with Gasteiger partial charge in [-0.25, -0.2) is 0 Å². The third-order valence-corrected chi connectivity index (χ3v) is 3.82. The summed E-state index contributed by atoms with van der Waals surface area (Å²) in [6.45, 7) is 4.17. The first kappa shape index (κ1) is 11.4. The topological polar surface area (TPSA) is 60.9 Å². The van der Waals surface area contributed by atoms with Crippen molar-refractivity contribution >= 4 is 11.9 Å². The maximum Gasteiger partial charge on any atom is 0.319 e. The maximum absolute atomic E-state index is 12.1. The van der Waals surface area contributed by atoms with Crippen LogP contribution in [0.1, 0.15) is 19.8 Å². The first-order valence-electron chi connectivity index (χ1n) is 5.70. The SMILES string of the molecule is CC1CN(C(=O)C2(C(=O)O)CC2)CCN1C. The Hall–Kier alpha value is -1.10. The summed E-state index contributed by atoms with van der Waals surface area (Å²) in [5, 5.41) is 9.06. The number of rotatable bonds is 2. The summed E-state index contributed by atoms with van der Waals surface area (Å²) >= 11 is 0. The molecule has 1 atom stereocenters. The lowest BCUT2D eigenvalue weighted by atomic mass is 10.0. The summed E-state index contributed by atoms with van der Waals surface area (Å²) in [6, 6.07) is 0.308.